The summed E-state index contributed by atoms with van der Waals surface area (Å²) in [6.07, 6.45) is 5.98. The minimum Gasteiger partial charge on any atom is -0.461 e. The van der Waals surface area contributed by atoms with Gasteiger partial charge >= 0.3 is 5.97 Å². The Balaban J connectivity index is 1.55. The van der Waals surface area contributed by atoms with Crippen molar-refractivity contribution in [3.8, 4) is 11.4 Å². The van der Waals surface area contributed by atoms with Crippen LogP contribution in [-0.2, 0) is 34.4 Å². The molecule has 2 heterocycles. The monoisotopic (exact) mass is 466 g/mol. The number of esters is 1. The minimum atomic E-state index is -0.515. The molecule has 1 unspecified atom stereocenters. The van der Waals surface area contributed by atoms with E-state index in [1.807, 2.05) is 31.3 Å². The number of ether oxygens (including phenoxy) is 2. The molecular weight excluding hydrogens is 432 g/mol. The van der Waals surface area contributed by atoms with E-state index in [0.717, 1.165) is 60.2 Å². The zero-order valence-electron chi connectivity index (χ0n) is 20.5. The lowest BCUT2D eigenvalue weighted by Crippen LogP contribution is -2.42. The van der Waals surface area contributed by atoms with E-state index in [-0.39, 0.29) is 24.2 Å². The van der Waals surface area contributed by atoms with Crippen LogP contribution in [0.4, 0.5) is 0 Å². The largest absolute Gasteiger partial charge is 0.461 e. The lowest BCUT2D eigenvalue weighted by Gasteiger charge is -2.19. The number of hydrogen-bond acceptors (Lipinski definition) is 6. The number of benzene rings is 1. The van der Waals surface area contributed by atoms with E-state index >= 15 is 0 Å². The number of nitrogens with zero attached hydrogens (tertiary/aromatic N) is 3. The summed E-state index contributed by atoms with van der Waals surface area (Å²) in [5.41, 5.74) is 4.52. The van der Waals surface area contributed by atoms with Crippen LogP contribution < -0.4 is 10.9 Å². The molecule has 0 spiro atoms. The maximum atomic E-state index is 12.6. The van der Waals surface area contributed by atoms with Gasteiger partial charge in [0, 0.05) is 44.6 Å². The molecule has 0 aliphatic heterocycles. The first-order valence-electron chi connectivity index (χ1n) is 12.0. The Morgan fingerprint density at radius 2 is 2.03 bits per heavy atom. The molecule has 2 aromatic heterocycles. The van der Waals surface area contributed by atoms with E-state index < -0.39 is 6.04 Å². The lowest BCUT2D eigenvalue weighted by molar-refractivity contribution is -0.152. The van der Waals surface area contributed by atoms with Crippen molar-refractivity contribution >= 4 is 17.0 Å². The van der Waals surface area contributed by atoms with E-state index in [1.54, 1.807) is 18.7 Å². The summed E-state index contributed by atoms with van der Waals surface area (Å²) in [5, 5.41) is 3.29. The molecule has 3 aromatic rings. The first-order valence-corrected chi connectivity index (χ1v) is 12.0. The zero-order valence-corrected chi connectivity index (χ0v) is 20.5. The van der Waals surface area contributed by atoms with Crippen molar-refractivity contribution in [1.29, 1.82) is 0 Å². The van der Waals surface area contributed by atoms with Crippen LogP contribution in [-0.4, -0.2) is 45.9 Å². The quantitative estimate of drug-likeness (QED) is 0.487. The topological polar surface area (TPSA) is 87.4 Å². The molecule has 1 atom stereocenters. The van der Waals surface area contributed by atoms with E-state index in [4.69, 9.17) is 14.5 Å². The molecule has 8 heteroatoms. The zero-order chi connectivity index (χ0) is 24.2. The second-order valence-electron chi connectivity index (χ2n) is 9.06. The number of imidazole rings is 1. The molecule has 182 valence electrons. The number of nitrogens with one attached hydrogen (secondary N) is 1. The van der Waals surface area contributed by atoms with Crippen LogP contribution in [0.15, 0.2) is 35.3 Å². The van der Waals surface area contributed by atoms with Gasteiger partial charge in [0.1, 0.15) is 18.0 Å². The summed E-state index contributed by atoms with van der Waals surface area (Å²) < 4.78 is 14.7. The van der Waals surface area contributed by atoms with Gasteiger partial charge in [0.25, 0.3) is 5.56 Å². The highest BCUT2D eigenvalue weighted by Gasteiger charge is 2.25. The van der Waals surface area contributed by atoms with Crippen LogP contribution in [0.2, 0.25) is 0 Å². The van der Waals surface area contributed by atoms with Crippen LogP contribution in [0.5, 0.6) is 0 Å². The van der Waals surface area contributed by atoms with Gasteiger partial charge in [0.2, 0.25) is 0 Å². The number of aryl methyl sites for hydroxylation is 3. The predicted molar refractivity (Wildman–Crippen MR) is 132 cm³/mol. The van der Waals surface area contributed by atoms with Crippen LogP contribution in [0.25, 0.3) is 22.4 Å². The Kier molecular flexibility index (Phi) is 7.48. The maximum absolute atomic E-state index is 12.6. The van der Waals surface area contributed by atoms with Crippen molar-refractivity contribution in [1.82, 2.24) is 19.4 Å². The third kappa shape index (κ3) is 5.08. The molecule has 1 fully saturated rings. The minimum absolute atomic E-state index is 0.00617. The van der Waals surface area contributed by atoms with Crippen LogP contribution in [0.3, 0.4) is 0 Å². The fourth-order valence-electron chi connectivity index (χ4n) is 4.70. The Labute approximate surface area is 199 Å². The van der Waals surface area contributed by atoms with Crippen LogP contribution in [0.1, 0.15) is 43.7 Å². The summed E-state index contributed by atoms with van der Waals surface area (Å²) >= 11 is 0. The highest BCUT2D eigenvalue weighted by Crippen LogP contribution is 2.26. The Hall–Kier alpha value is -2.97. The summed E-state index contributed by atoms with van der Waals surface area (Å²) in [6.45, 7) is 5.42. The number of rotatable bonds is 9. The van der Waals surface area contributed by atoms with Gasteiger partial charge in [-0.2, -0.15) is 0 Å². The van der Waals surface area contributed by atoms with Gasteiger partial charge in [0.15, 0.2) is 0 Å². The van der Waals surface area contributed by atoms with Gasteiger partial charge in [-0.25, -0.2) is 4.98 Å². The van der Waals surface area contributed by atoms with Crippen LogP contribution in [0, 0.1) is 6.92 Å². The van der Waals surface area contributed by atoms with Gasteiger partial charge in [-0.1, -0.05) is 6.07 Å². The van der Waals surface area contributed by atoms with Gasteiger partial charge in [-0.15, -0.1) is 0 Å². The van der Waals surface area contributed by atoms with Crippen molar-refractivity contribution in [2.75, 3.05) is 13.7 Å². The molecular formula is C26H34N4O4. The molecule has 1 aliphatic rings. The second kappa shape index (κ2) is 10.5. The van der Waals surface area contributed by atoms with Gasteiger partial charge in [-0.3, -0.25) is 14.9 Å². The number of carbonyl (C=O) groups excluding carboxylic acids is 1. The highest BCUT2D eigenvalue weighted by atomic mass is 16.5. The Morgan fingerprint density at radius 1 is 1.26 bits per heavy atom. The SMILES string of the molecule is CCn1c(-c2cc(C)c(=O)n(C)c2)nc2cc(CNC(COC)C(=O)OC3CCCC3)ccc21. The smallest absolute Gasteiger partial charge is 0.325 e. The number of fused-ring (bicyclic) bond motifs is 1. The van der Waals surface area contributed by atoms with E-state index in [2.05, 4.69) is 22.9 Å². The van der Waals surface area contributed by atoms with Crippen molar-refractivity contribution in [3.05, 3.63) is 51.9 Å². The molecule has 1 aromatic carbocycles. The third-order valence-electron chi connectivity index (χ3n) is 6.50. The predicted octanol–water partition coefficient (Wildman–Crippen LogP) is 3.32. The molecule has 0 saturated heterocycles. The molecule has 1 saturated carbocycles. The number of carbonyl (C=O) groups is 1. The summed E-state index contributed by atoms with van der Waals surface area (Å²) in [4.78, 5) is 29.7. The molecule has 8 nitrogen and oxygen atoms in total. The molecule has 34 heavy (non-hydrogen) atoms. The molecule has 0 radical (unpaired) electrons. The fourth-order valence-corrected chi connectivity index (χ4v) is 4.70. The molecule has 1 N–H and O–H groups in total. The first kappa shape index (κ1) is 24.2. The lowest BCUT2D eigenvalue weighted by atomic mass is 10.2. The standard InChI is InChI=1S/C26H34N4O4/c1-5-30-23-11-10-18(14-27-22(16-33-4)26(32)34-20-8-6-7-9-20)13-21(23)28-24(30)19-12-17(2)25(31)29(3)15-19/h10-13,15,20,22,27H,5-9,14,16H2,1-4H3. The number of aromatic nitrogens is 3. The Morgan fingerprint density at radius 3 is 2.71 bits per heavy atom. The van der Waals surface area contributed by atoms with Gasteiger partial charge in [-0.05, 0) is 63.3 Å². The molecule has 1 aliphatic carbocycles. The van der Waals surface area contributed by atoms with Crippen molar-refractivity contribution in [2.45, 2.75) is 64.8 Å². The van der Waals surface area contributed by atoms with Gasteiger partial charge in [0.05, 0.1) is 17.6 Å². The third-order valence-corrected chi connectivity index (χ3v) is 6.50. The number of pyridine rings is 1. The van der Waals surface area contributed by atoms with Gasteiger partial charge < -0.3 is 18.6 Å². The number of methoxy groups -OCH3 is 1. The molecule has 0 amide bonds. The first-order chi connectivity index (χ1) is 16.4. The second-order valence-corrected chi connectivity index (χ2v) is 9.06. The molecule has 4 rings (SSSR count). The normalized spacial score (nSPS) is 15.2. The summed E-state index contributed by atoms with van der Waals surface area (Å²) in [5.74, 6) is 0.580. The van der Waals surface area contributed by atoms with E-state index in [1.165, 1.54) is 0 Å². The maximum Gasteiger partial charge on any atom is 0.325 e. The average Bonchev–Trinajstić information content (AvgIpc) is 3.46. The van der Waals surface area contributed by atoms with Crippen molar-refractivity contribution < 1.29 is 14.3 Å². The van der Waals surface area contributed by atoms with Crippen molar-refractivity contribution in [2.24, 2.45) is 7.05 Å². The Bertz CT molecular complexity index is 1200. The van der Waals surface area contributed by atoms with Crippen molar-refractivity contribution in [3.63, 3.8) is 0 Å². The van der Waals surface area contributed by atoms with Crippen LogP contribution >= 0.6 is 0 Å². The molecule has 0 bridgehead atoms. The summed E-state index contributed by atoms with van der Waals surface area (Å²) in [6, 6.07) is 7.52. The fraction of sp³-hybridized carbons (Fsp3) is 0.500. The highest BCUT2D eigenvalue weighted by molar-refractivity contribution is 5.81. The summed E-state index contributed by atoms with van der Waals surface area (Å²) in [7, 11) is 3.35. The average molecular weight is 467 g/mol. The number of hydrogen-bond donors (Lipinski definition) is 1. The van der Waals surface area contributed by atoms with E-state index in [9.17, 15) is 9.59 Å². The van der Waals surface area contributed by atoms with E-state index in [0.29, 0.717) is 12.1 Å².